The van der Waals surface area contributed by atoms with E-state index in [0.29, 0.717) is 43.8 Å². The second kappa shape index (κ2) is 13.3. The SMILES string of the molecule is CCCCNC(=O)[C@H](CC)N(Cc1ccc(Cl)cc1Cl)C(=O)COc1ccc(Cl)cc1Br. The van der Waals surface area contributed by atoms with Crippen molar-refractivity contribution >= 4 is 62.5 Å². The van der Waals surface area contributed by atoms with Crippen LogP contribution < -0.4 is 10.1 Å². The van der Waals surface area contributed by atoms with Gasteiger partial charge in [0.05, 0.1) is 4.47 Å². The van der Waals surface area contributed by atoms with E-state index in [1.165, 1.54) is 4.90 Å². The molecule has 1 atom stereocenters. The van der Waals surface area contributed by atoms with Gasteiger partial charge >= 0.3 is 0 Å². The summed E-state index contributed by atoms with van der Waals surface area (Å²) in [7, 11) is 0. The summed E-state index contributed by atoms with van der Waals surface area (Å²) in [6.07, 6.45) is 2.27. The van der Waals surface area contributed by atoms with Crippen LogP contribution >= 0.6 is 50.7 Å². The van der Waals surface area contributed by atoms with Crippen molar-refractivity contribution < 1.29 is 14.3 Å². The zero-order chi connectivity index (χ0) is 23.7. The fourth-order valence-corrected chi connectivity index (χ4v) is 4.34. The molecule has 2 amide bonds. The first-order valence-corrected chi connectivity index (χ1v) is 12.3. The van der Waals surface area contributed by atoms with Crippen molar-refractivity contribution in [2.75, 3.05) is 13.2 Å². The van der Waals surface area contributed by atoms with Gasteiger partial charge in [0.1, 0.15) is 11.8 Å². The molecule has 2 rings (SSSR count). The molecule has 0 spiro atoms. The zero-order valence-electron chi connectivity index (χ0n) is 18.0. The summed E-state index contributed by atoms with van der Waals surface area (Å²) in [5, 5.41) is 4.39. The Morgan fingerprint density at radius 3 is 2.41 bits per heavy atom. The highest BCUT2D eigenvalue weighted by Crippen LogP contribution is 2.28. The molecule has 2 aromatic carbocycles. The number of halogens is 4. The third-order valence-electron chi connectivity index (χ3n) is 4.82. The molecule has 0 radical (unpaired) electrons. The summed E-state index contributed by atoms with van der Waals surface area (Å²) < 4.78 is 6.35. The Bertz CT molecular complexity index is 943. The molecule has 174 valence electrons. The fraction of sp³-hybridized carbons (Fsp3) is 0.391. The number of benzene rings is 2. The number of hydrogen-bond donors (Lipinski definition) is 1. The van der Waals surface area contributed by atoms with Gasteiger partial charge < -0.3 is 15.0 Å². The number of amides is 2. The third-order valence-corrected chi connectivity index (χ3v) is 6.26. The topological polar surface area (TPSA) is 58.6 Å². The molecule has 2 aromatic rings. The molecule has 32 heavy (non-hydrogen) atoms. The Balaban J connectivity index is 2.24. The molecule has 0 aromatic heterocycles. The molecule has 9 heteroatoms. The van der Waals surface area contributed by atoms with Crippen molar-refractivity contribution in [3.05, 3.63) is 61.5 Å². The highest BCUT2D eigenvalue weighted by molar-refractivity contribution is 9.10. The van der Waals surface area contributed by atoms with E-state index < -0.39 is 6.04 Å². The Labute approximate surface area is 212 Å². The maximum Gasteiger partial charge on any atom is 0.261 e. The Morgan fingerprint density at radius 2 is 1.78 bits per heavy atom. The van der Waals surface area contributed by atoms with Gasteiger partial charge in [-0.25, -0.2) is 0 Å². The molecule has 0 aliphatic rings. The van der Waals surface area contributed by atoms with E-state index in [4.69, 9.17) is 39.5 Å². The first-order valence-electron chi connectivity index (χ1n) is 10.4. The van der Waals surface area contributed by atoms with Crippen molar-refractivity contribution in [1.82, 2.24) is 10.2 Å². The fourth-order valence-electron chi connectivity index (χ4n) is 3.07. The normalized spacial score (nSPS) is 11.7. The van der Waals surface area contributed by atoms with Crippen molar-refractivity contribution in [1.29, 1.82) is 0 Å². The maximum atomic E-state index is 13.2. The van der Waals surface area contributed by atoms with E-state index in [1.807, 2.05) is 13.8 Å². The summed E-state index contributed by atoms with van der Waals surface area (Å²) in [4.78, 5) is 27.6. The molecule has 0 aliphatic heterocycles. The highest BCUT2D eigenvalue weighted by Gasteiger charge is 2.29. The van der Waals surface area contributed by atoms with Crippen LogP contribution in [0, 0.1) is 0 Å². The standard InChI is InChI=1S/C23H26BrCl3N2O3/c1-3-5-10-28-23(31)20(4-2)29(13-15-6-7-17(26)12-19(15)27)22(30)14-32-21-9-8-16(25)11-18(21)24/h6-9,11-12,20H,3-5,10,13-14H2,1-2H3,(H,28,31)/t20-/m0/s1. The lowest BCUT2D eigenvalue weighted by molar-refractivity contribution is -0.143. The van der Waals surface area contributed by atoms with Gasteiger partial charge in [-0.15, -0.1) is 0 Å². The van der Waals surface area contributed by atoms with Gasteiger partial charge in [0.25, 0.3) is 5.91 Å². The zero-order valence-corrected chi connectivity index (χ0v) is 21.8. The minimum Gasteiger partial charge on any atom is -0.483 e. The average Bonchev–Trinajstić information content (AvgIpc) is 2.74. The van der Waals surface area contributed by atoms with Crippen LogP contribution in [-0.4, -0.2) is 35.9 Å². The van der Waals surface area contributed by atoms with Crippen molar-refractivity contribution in [3.8, 4) is 5.75 Å². The van der Waals surface area contributed by atoms with Crippen LogP contribution in [0.4, 0.5) is 0 Å². The van der Waals surface area contributed by atoms with Gasteiger partial charge in [0.2, 0.25) is 5.91 Å². The minimum absolute atomic E-state index is 0.152. The first-order chi connectivity index (χ1) is 15.3. The van der Waals surface area contributed by atoms with Crippen LogP contribution in [-0.2, 0) is 16.1 Å². The predicted molar refractivity (Wildman–Crippen MR) is 134 cm³/mol. The van der Waals surface area contributed by atoms with Crippen molar-refractivity contribution in [2.45, 2.75) is 45.7 Å². The molecule has 0 heterocycles. The number of nitrogens with one attached hydrogen (secondary N) is 1. The third kappa shape index (κ3) is 7.84. The Kier molecular flexibility index (Phi) is 11.1. The smallest absolute Gasteiger partial charge is 0.261 e. The van der Waals surface area contributed by atoms with E-state index in [-0.39, 0.29) is 25.0 Å². The number of nitrogens with zero attached hydrogens (tertiary/aromatic N) is 1. The number of unbranched alkanes of at least 4 members (excludes halogenated alkanes) is 1. The maximum absolute atomic E-state index is 13.2. The van der Waals surface area contributed by atoms with Gasteiger partial charge in [-0.05, 0) is 64.7 Å². The van der Waals surface area contributed by atoms with Gasteiger partial charge in [0.15, 0.2) is 6.61 Å². The van der Waals surface area contributed by atoms with Crippen molar-refractivity contribution in [3.63, 3.8) is 0 Å². The second-order valence-electron chi connectivity index (χ2n) is 7.19. The summed E-state index contributed by atoms with van der Waals surface area (Å²) in [5.74, 6) is -0.0601. The molecule has 1 N–H and O–H groups in total. The molecule has 5 nitrogen and oxygen atoms in total. The lowest BCUT2D eigenvalue weighted by Crippen LogP contribution is -2.50. The van der Waals surface area contributed by atoms with Crippen LogP contribution in [0.15, 0.2) is 40.9 Å². The number of ether oxygens (including phenoxy) is 1. The molecule has 0 saturated heterocycles. The minimum atomic E-state index is -0.664. The van der Waals surface area contributed by atoms with Gasteiger partial charge in [-0.3, -0.25) is 9.59 Å². The average molecular weight is 565 g/mol. The second-order valence-corrected chi connectivity index (χ2v) is 9.32. The molecular weight excluding hydrogens is 539 g/mol. The van der Waals surface area contributed by atoms with Crippen LogP contribution in [0.3, 0.4) is 0 Å². The molecule has 0 bridgehead atoms. The summed E-state index contributed by atoms with van der Waals surface area (Å²) >= 11 is 21.7. The number of carbonyl (C=O) groups is 2. The van der Waals surface area contributed by atoms with Gasteiger partial charge in [-0.1, -0.05) is 61.1 Å². The summed E-state index contributed by atoms with van der Waals surface area (Å²) in [6.45, 7) is 4.38. The molecule has 0 aliphatic carbocycles. The van der Waals surface area contributed by atoms with Gasteiger partial charge in [-0.2, -0.15) is 0 Å². The summed E-state index contributed by atoms with van der Waals surface area (Å²) in [6, 6.07) is 9.44. The van der Waals surface area contributed by atoms with Crippen LogP contribution in [0.2, 0.25) is 15.1 Å². The van der Waals surface area contributed by atoms with E-state index in [9.17, 15) is 9.59 Å². The first kappa shape index (κ1) is 26.8. The quantitative estimate of drug-likeness (QED) is 0.317. The van der Waals surface area contributed by atoms with E-state index >= 15 is 0 Å². The largest absolute Gasteiger partial charge is 0.483 e. The number of rotatable bonds is 11. The number of hydrogen-bond acceptors (Lipinski definition) is 3. The molecular formula is C23H26BrCl3N2O3. The Morgan fingerprint density at radius 1 is 1.09 bits per heavy atom. The number of carbonyl (C=O) groups excluding carboxylic acids is 2. The lowest BCUT2D eigenvalue weighted by atomic mass is 10.1. The monoisotopic (exact) mass is 562 g/mol. The lowest BCUT2D eigenvalue weighted by Gasteiger charge is -2.31. The van der Waals surface area contributed by atoms with Crippen LogP contribution in [0.5, 0.6) is 5.75 Å². The van der Waals surface area contributed by atoms with E-state index in [2.05, 4.69) is 21.2 Å². The summed E-state index contributed by atoms with van der Waals surface area (Å²) in [5.41, 5.74) is 0.692. The molecule has 0 fully saturated rings. The highest BCUT2D eigenvalue weighted by atomic mass is 79.9. The van der Waals surface area contributed by atoms with Crippen molar-refractivity contribution in [2.24, 2.45) is 0 Å². The van der Waals surface area contributed by atoms with E-state index in [0.717, 1.165) is 12.8 Å². The van der Waals surface area contributed by atoms with E-state index in [1.54, 1.807) is 36.4 Å². The van der Waals surface area contributed by atoms with Crippen LogP contribution in [0.1, 0.15) is 38.7 Å². The predicted octanol–water partition coefficient (Wildman–Crippen LogP) is 6.51. The van der Waals surface area contributed by atoms with Crippen LogP contribution in [0.25, 0.3) is 0 Å². The molecule has 0 unspecified atom stereocenters. The Hall–Kier alpha value is -1.47. The molecule has 0 saturated carbocycles. The van der Waals surface area contributed by atoms with Gasteiger partial charge in [0, 0.05) is 28.2 Å².